The molecule has 2 aromatic carbocycles. The average molecular weight is 423 g/mol. The van der Waals surface area contributed by atoms with Crippen molar-refractivity contribution in [3.63, 3.8) is 0 Å². The van der Waals surface area contributed by atoms with Gasteiger partial charge in [0.25, 0.3) is 5.91 Å². The van der Waals surface area contributed by atoms with Crippen LogP contribution in [0.25, 0.3) is 0 Å². The van der Waals surface area contributed by atoms with Gasteiger partial charge in [-0.2, -0.15) is 0 Å². The van der Waals surface area contributed by atoms with E-state index in [9.17, 15) is 9.59 Å². The highest BCUT2D eigenvalue weighted by Crippen LogP contribution is 2.20. The molecule has 1 aliphatic rings. The molecule has 0 heterocycles. The highest BCUT2D eigenvalue weighted by Gasteiger charge is 2.18. The predicted molar refractivity (Wildman–Crippen MR) is 121 cm³/mol. The van der Waals surface area contributed by atoms with Crippen LogP contribution in [0.5, 0.6) is 5.75 Å². The molecule has 3 rings (SSSR count). The van der Waals surface area contributed by atoms with Gasteiger partial charge in [0.05, 0.1) is 0 Å². The van der Waals surface area contributed by atoms with Gasteiger partial charge < -0.3 is 20.1 Å². The first-order chi connectivity index (χ1) is 15.1. The Bertz CT molecular complexity index is 878. The van der Waals surface area contributed by atoms with Crippen molar-refractivity contribution >= 4 is 23.3 Å². The minimum absolute atomic E-state index is 0.254. The maximum Gasteiger partial charge on any atom is 0.344 e. The Morgan fingerprint density at radius 2 is 1.74 bits per heavy atom. The van der Waals surface area contributed by atoms with E-state index in [0.29, 0.717) is 12.3 Å². The maximum absolute atomic E-state index is 12.1. The van der Waals surface area contributed by atoms with Gasteiger partial charge >= 0.3 is 5.97 Å². The Hall–Kier alpha value is -3.28. The van der Waals surface area contributed by atoms with Crippen molar-refractivity contribution in [3.8, 4) is 5.75 Å². The fraction of sp³-hybridized carbons (Fsp3) is 0.360. The highest BCUT2D eigenvalue weighted by molar-refractivity contribution is 5.83. The molecule has 0 radical (unpaired) electrons. The van der Waals surface area contributed by atoms with Gasteiger partial charge in [0.1, 0.15) is 5.75 Å². The Morgan fingerprint density at radius 1 is 1.00 bits per heavy atom. The molecule has 0 fully saturated rings. The number of benzene rings is 2. The van der Waals surface area contributed by atoms with Crippen LogP contribution in [0.15, 0.2) is 66.2 Å². The highest BCUT2D eigenvalue weighted by atomic mass is 16.6. The van der Waals surface area contributed by atoms with E-state index in [4.69, 9.17) is 9.47 Å². The van der Waals surface area contributed by atoms with Crippen molar-refractivity contribution in [1.82, 2.24) is 5.32 Å². The summed E-state index contributed by atoms with van der Waals surface area (Å²) in [5.74, 6) is -0.321. The number of para-hydroxylation sites is 1. The molecular weight excluding hydrogens is 392 g/mol. The van der Waals surface area contributed by atoms with Crippen molar-refractivity contribution in [1.29, 1.82) is 0 Å². The third-order valence-electron chi connectivity index (χ3n) is 5.08. The minimum atomic E-state index is -0.853. The number of rotatable bonds is 10. The standard InChI is InChI=1S/C25H30N2O4/c1-19(25(29)26-17-16-20-8-4-2-5-9-20)31-24(28)18-30-23-14-12-22(13-15-23)27-21-10-6-3-7-11-21/h3,6-8,10-15,19,27H,2,4-5,9,16-18H2,1H3,(H,26,29)/t19-/m1/s1. The Balaban J connectivity index is 1.35. The van der Waals surface area contributed by atoms with Gasteiger partial charge in [-0.25, -0.2) is 4.79 Å². The zero-order valence-electron chi connectivity index (χ0n) is 17.9. The van der Waals surface area contributed by atoms with Gasteiger partial charge in [-0.1, -0.05) is 29.8 Å². The molecule has 0 aliphatic heterocycles. The fourth-order valence-electron chi connectivity index (χ4n) is 3.37. The molecule has 0 saturated heterocycles. The van der Waals surface area contributed by atoms with Crippen LogP contribution < -0.4 is 15.4 Å². The molecule has 164 valence electrons. The molecule has 0 unspecified atom stereocenters. The van der Waals surface area contributed by atoms with E-state index in [-0.39, 0.29) is 12.5 Å². The van der Waals surface area contributed by atoms with Gasteiger partial charge in [-0.3, -0.25) is 4.79 Å². The summed E-state index contributed by atoms with van der Waals surface area (Å²) in [6, 6.07) is 17.1. The van der Waals surface area contributed by atoms with Crippen molar-refractivity contribution < 1.29 is 19.1 Å². The summed E-state index contributed by atoms with van der Waals surface area (Å²) >= 11 is 0. The fourth-order valence-corrected chi connectivity index (χ4v) is 3.37. The lowest BCUT2D eigenvalue weighted by atomic mass is 9.97. The maximum atomic E-state index is 12.1. The minimum Gasteiger partial charge on any atom is -0.482 e. The van der Waals surface area contributed by atoms with E-state index >= 15 is 0 Å². The molecule has 6 heteroatoms. The van der Waals surface area contributed by atoms with Crippen LogP contribution >= 0.6 is 0 Å². The number of esters is 1. The normalized spacial score (nSPS) is 14.2. The first-order valence-corrected chi connectivity index (χ1v) is 10.8. The average Bonchev–Trinajstić information content (AvgIpc) is 2.80. The molecular formula is C25H30N2O4. The molecule has 0 bridgehead atoms. The Morgan fingerprint density at radius 3 is 2.45 bits per heavy atom. The van der Waals surface area contributed by atoms with Crippen LogP contribution in [-0.2, 0) is 14.3 Å². The molecule has 6 nitrogen and oxygen atoms in total. The van der Waals surface area contributed by atoms with Crippen LogP contribution in [-0.4, -0.2) is 31.1 Å². The van der Waals surface area contributed by atoms with Crippen molar-refractivity contribution in [2.75, 3.05) is 18.5 Å². The summed E-state index contributed by atoms with van der Waals surface area (Å²) in [5.41, 5.74) is 3.30. The molecule has 0 aromatic heterocycles. The number of nitrogens with one attached hydrogen (secondary N) is 2. The number of ether oxygens (including phenoxy) is 2. The smallest absolute Gasteiger partial charge is 0.344 e. The van der Waals surface area contributed by atoms with E-state index < -0.39 is 12.1 Å². The first-order valence-electron chi connectivity index (χ1n) is 10.8. The van der Waals surface area contributed by atoms with Crippen LogP contribution in [0, 0.1) is 0 Å². The van der Waals surface area contributed by atoms with Crippen LogP contribution in [0.3, 0.4) is 0 Å². The van der Waals surface area contributed by atoms with E-state index in [1.54, 1.807) is 19.1 Å². The number of hydrogen-bond acceptors (Lipinski definition) is 5. The summed E-state index contributed by atoms with van der Waals surface area (Å²) in [6.07, 6.45) is 6.98. The largest absolute Gasteiger partial charge is 0.482 e. The van der Waals surface area contributed by atoms with Gasteiger partial charge in [-0.15, -0.1) is 0 Å². The number of carbonyl (C=O) groups excluding carboxylic acids is 2. The zero-order valence-corrected chi connectivity index (χ0v) is 17.9. The number of anilines is 2. The van der Waals surface area contributed by atoms with E-state index in [1.807, 2.05) is 42.5 Å². The van der Waals surface area contributed by atoms with Crippen molar-refractivity contribution in [2.45, 2.75) is 45.1 Å². The number of hydrogen-bond donors (Lipinski definition) is 2. The van der Waals surface area contributed by atoms with Crippen molar-refractivity contribution in [3.05, 3.63) is 66.2 Å². The van der Waals surface area contributed by atoms with Gasteiger partial charge in [-0.05, 0) is 75.4 Å². The molecule has 1 aliphatic carbocycles. The third kappa shape index (κ3) is 7.81. The molecule has 31 heavy (non-hydrogen) atoms. The monoisotopic (exact) mass is 422 g/mol. The van der Waals surface area contributed by atoms with Crippen LogP contribution in [0.2, 0.25) is 0 Å². The quantitative estimate of drug-likeness (QED) is 0.427. The van der Waals surface area contributed by atoms with E-state index in [2.05, 4.69) is 16.7 Å². The summed E-state index contributed by atoms with van der Waals surface area (Å²) in [7, 11) is 0. The molecule has 2 aromatic rings. The first kappa shape index (κ1) is 22.4. The lowest BCUT2D eigenvalue weighted by Crippen LogP contribution is -2.37. The third-order valence-corrected chi connectivity index (χ3v) is 5.08. The molecule has 0 saturated carbocycles. The van der Waals surface area contributed by atoms with Gasteiger partial charge in [0, 0.05) is 17.9 Å². The van der Waals surface area contributed by atoms with Gasteiger partial charge in [0.2, 0.25) is 0 Å². The second-order valence-corrected chi connectivity index (χ2v) is 7.59. The lowest BCUT2D eigenvalue weighted by Gasteiger charge is -2.16. The van der Waals surface area contributed by atoms with E-state index in [1.165, 1.54) is 18.4 Å². The van der Waals surface area contributed by atoms with Crippen LogP contribution in [0.1, 0.15) is 39.0 Å². The predicted octanol–water partition coefficient (Wildman–Crippen LogP) is 4.75. The number of allylic oxidation sites excluding steroid dienone is 1. The summed E-state index contributed by atoms with van der Waals surface area (Å²) in [6.45, 7) is 1.87. The second-order valence-electron chi connectivity index (χ2n) is 7.59. The van der Waals surface area contributed by atoms with Crippen LogP contribution in [0.4, 0.5) is 11.4 Å². The number of carbonyl (C=O) groups is 2. The molecule has 1 amide bonds. The molecule has 0 spiro atoms. The SMILES string of the molecule is C[C@@H](OC(=O)COc1ccc(Nc2ccccc2)cc1)C(=O)NCCC1=CCCCC1. The second kappa shape index (κ2) is 11.8. The zero-order chi connectivity index (χ0) is 21.9. The lowest BCUT2D eigenvalue weighted by molar-refractivity contribution is -0.156. The van der Waals surface area contributed by atoms with Gasteiger partial charge in [0.15, 0.2) is 12.7 Å². The molecule has 2 N–H and O–H groups in total. The Labute approximate surface area is 183 Å². The number of amides is 1. The summed E-state index contributed by atoms with van der Waals surface area (Å²) in [5, 5.41) is 6.11. The topological polar surface area (TPSA) is 76.7 Å². The van der Waals surface area contributed by atoms with Crippen molar-refractivity contribution in [2.24, 2.45) is 0 Å². The summed E-state index contributed by atoms with van der Waals surface area (Å²) < 4.78 is 10.6. The Kier molecular flexibility index (Phi) is 8.52. The molecule has 1 atom stereocenters. The summed E-state index contributed by atoms with van der Waals surface area (Å²) in [4.78, 5) is 24.1. The van der Waals surface area contributed by atoms with E-state index in [0.717, 1.165) is 30.6 Å².